The average molecular weight is 379 g/mol. The van der Waals surface area contributed by atoms with Crippen LogP contribution in [0.1, 0.15) is 38.5 Å². The number of imidazole rings is 1. The fraction of sp³-hybridized carbons (Fsp3) is 0.500. The first-order valence-electron chi connectivity index (χ1n) is 10.3. The van der Waals surface area contributed by atoms with Crippen LogP contribution in [0.5, 0.6) is 0 Å². The van der Waals surface area contributed by atoms with E-state index in [0.29, 0.717) is 0 Å². The Hall–Kier alpha value is -2.63. The van der Waals surface area contributed by atoms with Gasteiger partial charge in [0.05, 0.1) is 6.20 Å². The Morgan fingerprint density at radius 1 is 1.14 bits per heavy atom. The largest absolute Gasteiger partial charge is 0.332 e. The summed E-state index contributed by atoms with van der Waals surface area (Å²) in [6.07, 6.45) is 10.7. The Bertz CT molecular complexity index is 925. The molecule has 0 unspecified atom stereocenters. The van der Waals surface area contributed by atoms with Gasteiger partial charge in [0.1, 0.15) is 0 Å². The molecular formula is C22H27N4O2+. The monoisotopic (exact) mass is 379 g/mol. The molecule has 3 amide bonds. The summed E-state index contributed by atoms with van der Waals surface area (Å²) in [5.74, 6) is 1.95. The third kappa shape index (κ3) is 3.01. The summed E-state index contributed by atoms with van der Waals surface area (Å²) in [6.45, 7) is 3.90. The molecule has 4 saturated carbocycles. The number of urea groups is 1. The zero-order valence-corrected chi connectivity index (χ0v) is 16.1. The third-order valence-electron chi connectivity index (χ3n) is 6.91. The van der Waals surface area contributed by atoms with Crippen molar-refractivity contribution in [1.29, 1.82) is 0 Å². The molecule has 6 heteroatoms. The lowest BCUT2D eigenvalue weighted by Gasteiger charge is -2.56. The van der Waals surface area contributed by atoms with Gasteiger partial charge in [-0.05, 0) is 68.4 Å². The van der Waals surface area contributed by atoms with E-state index in [4.69, 9.17) is 0 Å². The first-order chi connectivity index (χ1) is 13.5. The molecule has 4 aliphatic rings. The number of fused-ring (bicyclic) bond motifs is 1. The van der Waals surface area contributed by atoms with Gasteiger partial charge >= 0.3 is 6.03 Å². The number of benzene rings is 1. The normalized spacial score (nSPS) is 30.4. The number of aromatic nitrogens is 2. The quantitative estimate of drug-likeness (QED) is 0.802. The topological polar surface area (TPSA) is 67.0 Å². The maximum Gasteiger partial charge on any atom is 0.321 e. The van der Waals surface area contributed by atoms with Gasteiger partial charge < -0.3 is 5.32 Å². The minimum absolute atomic E-state index is 0.0921. The van der Waals surface area contributed by atoms with E-state index in [1.165, 1.54) is 19.3 Å². The van der Waals surface area contributed by atoms with Gasteiger partial charge in [-0.1, -0.05) is 18.7 Å². The van der Waals surface area contributed by atoms with Gasteiger partial charge in [0.2, 0.25) is 6.33 Å². The molecule has 1 heterocycles. The van der Waals surface area contributed by atoms with Crippen molar-refractivity contribution in [1.82, 2.24) is 15.2 Å². The van der Waals surface area contributed by atoms with Crippen molar-refractivity contribution < 1.29 is 14.2 Å². The molecule has 146 valence electrons. The van der Waals surface area contributed by atoms with Crippen LogP contribution in [0.3, 0.4) is 0 Å². The summed E-state index contributed by atoms with van der Waals surface area (Å²) in [4.78, 5) is 25.1. The summed E-state index contributed by atoms with van der Waals surface area (Å²) in [5, 5.41) is 5.74. The van der Waals surface area contributed by atoms with Crippen molar-refractivity contribution in [2.45, 2.75) is 50.6 Å². The molecule has 2 aromatic rings. The summed E-state index contributed by atoms with van der Waals surface area (Å²) in [7, 11) is 0. The number of carbonyl (C=O) groups is 2. The lowest BCUT2D eigenvalue weighted by atomic mass is 9.53. The second-order valence-corrected chi connectivity index (χ2v) is 9.02. The molecule has 6 rings (SSSR count). The van der Waals surface area contributed by atoms with Gasteiger partial charge in [-0.25, -0.2) is 13.9 Å². The van der Waals surface area contributed by atoms with E-state index in [1.807, 2.05) is 39.7 Å². The van der Waals surface area contributed by atoms with Gasteiger partial charge in [0, 0.05) is 5.54 Å². The molecule has 4 fully saturated rings. The molecule has 6 nitrogen and oxygen atoms in total. The maximum absolute atomic E-state index is 12.6. The van der Waals surface area contributed by atoms with Crippen molar-refractivity contribution in [2.75, 3.05) is 0 Å². The highest BCUT2D eigenvalue weighted by Gasteiger charge is 2.51. The molecule has 0 radical (unpaired) electrons. The average Bonchev–Trinajstić information content (AvgIpc) is 2.97. The number of amides is 3. The van der Waals surface area contributed by atoms with Crippen LogP contribution < -0.4 is 15.2 Å². The van der Waals surface area contributed by atoms with E-state index in [-0.39, 0.29) is 24.0 Å². The third-order valence-corrected chi connectivity index (χ3v) is 6.91. The van der Waals surface area contributed by atoms with Crippen LogP contribution in [-0.4, -0.2) is 22.0 Å². The number of para-hydroxylation sites is 2. The number of hydrogen-bond acceptors (Lipinski definition) is 2. The van der Waals surface area contributed by atoms with Crippen molar-refractivity contribution in [3.05, 3.63) is 37.2 Å². The zero-order valence-electron chi connectivity index (χ0n) is 16.1. The molecule has 28 heavy (non-hydrogen) atoms. The first-order valence-corrected chi connectivity index (χ1v) is 10.3. The van der Waals surface area contributed by atoms with Gasteiger partial charge in [-0.15, -0.1) is 0 Å². The molecular weight excluding hydrogens is 352 g/mol. The van der Waals surface area contributed by atoms with Crippen LogP contribution in [0.2, 0.25) is 0 Å². The smallest absolute Gasteiger partial charge is 0.321 e. The Morgan fingerprint density at radius 3 is 2.43 bits per heavy atom. The first kappa shape index (κ1) is 17.5. The molecule has 1 aromatic heterocycles. The van der Waals surface area contributed by atoms with Crippen molar-refractivity contribution in [2.24, 2.45) is 17.8 Å². The number of imide groups is 1. The summed E-state index contributed by atoms with van der Waals surface area (Å²) in [5.41, 5.74) is 1.81. The maximum atomic E-state index is 12.6. The van der Waals surface area contributed by atoms with E-state index >= 15 is 0 Å². The van der Waals surface area contributed by atoms with Crippen LogP contribution in [0.4, 0.5) is 4.79 Å². The molecule has 4 aliphatic carbocycles. The number of carbonyl (C=O) groups excluding carboxylic acids is 2. The van der Waals surface area contributed by atoms with E-state index in [0.717, 1.165) is 48.0 Å². The summed E-state index contributed by atoms with van der Waals surface area (Å²) >= 11 is 0. The minimum atomic E-state index is -0.347. The Labute approximate surface area is 164 Å². The van der Waals surface area contributed by atoms with Gasteiger partial charge in [0.25, 0.3) is 5.91 Å². The molecule has 0 atom stereocenters. The number of hydrogen-bond donors (Lipinski definition) is 2. The van der Waals surface area contributed by atoms with Crippen LogP contribution in [0.15, 0.2) is 37.2 Å². The molecule has 0 saturated heterocycles. The van der Waals surface area contributed by atoms with Gasteiger partial charge in [0.15, 0.2) is 17.6 Å². The van der Waals surface area contributed by atoms with E-state index < -0.39 is 0 Å². The predicted molar refractivity (Wildman–Crippen MR) is 106 cm³/mol. The van der Waals surface area contributed by atoms with Crippen LogP contribution >= 0.6 is 0 Å². The van der Waals surface area contributed by atoms with Crippen molar-refractivity contribution in [3.8, 4) is 0 Å². The number of rotatable bonds is 4. The highest BCUT2D eigenvalue weighted by atomic mass is 16.2. The standard InChI is InChI=1S/C22H26N4O2/c1-2-25-14-26(19-6-4-3-5-18(19)25)13-20(27)23-21(28)24-22-10-15-7-16(11-22)9-17(8-15)12-22/h2-6,14-17H,1,7-13H2,(H-,23,24,27,28)/p+1. The fourth-order valence-electron chi connectivity index (χ4n) is 6.33. The van der Waals surface area contributed by atoms with Gasteiger partial charge in [-0.2, -0.15) is 0 Å². The second kappa shape index (κ2) is 6.47. The molecule has 0 aliphatic heterocycles. The van der Waals surface area contributed by atoms with Crippen molar-refractivity contribution in [3.63, 3.8) is 0 Å². The van der Waals surface area contributed by atoms with Crippen LogP contribution in [0.25, 0.3) is 17.2 Å². The van der Waals surface area contributed by atoms with Crippen LogP contribution in [0, 0.1) is 17.8 Å². The SMILES string of the molecule is C=Cn1c[n+](CC(=O)NC(=O)NC23CC4CC(CC(C4)C2)C3)c2ccccc21. The lowest BCUT2D eigenvalue weighted by molar-refractivity contribution is -0.658. The van der Waals surface area contributed by atoms with E-state index in [9.17, 15) is 9.59 Å². The van der Waals surface area contributed by atoms with Gasteiger partial charge in [-0.3, -0.25) is 10.1 Å². The van der Waals surface area contributed by atoms with Crippen molar-refractivity contribution >= 4 is 29.2 Å². The number of nitrogens with zero attached hydrogens (tertiary/aromatic N) is 2. The lowest BCUT2D eigenvalue weighted by Crippen LogP contribution is -2.62. The molecule has 2 N–H and O–H groups in total. The fourth-order valence-corrected chi connectivity index (χ4v) is 6.33. The van der Waals surface area contributed by atoms with E-state index in [2.05, 4.69) is 17.2 Å². The molecule has 4 bridgehead atoms. The molecule has 1 aromatic carbocycles. The highest BCUT2D eigenvalue weighted by Crippen LogP contribution is 2.55. The van der Waals surface area contributed by atoms with E-state index in [1.54, 1.807) is 6.20 Å². The Kier molecular flexibility index (Phi) is 4.03. The predicted octanol–water partition coefficient (Wildman–Crippen LogP) is 2.82. The summed E-state index contributed by atoms with van der Waals surface area (Å²) in [6, 6.07) is 7.47. The Morgan fingerprint density at radius 2 is 1.79 bits per heavy atom. The minimum Gasteiger partial charge on any atom is -0.332 e. The Balaban J connectivity index is 1.25. The molecule has 0 spiro atoms. The highest BCUT2D eigenvalue weighted by molar-refractivity contribution is 5.94. The number of nitrogens with one attached hydrogen (secondary N) is 2. The second-order valence-electron chi connectivity index (χ2n) is 9.02. The van der Waals surface area contributed by atoms with Crippen LogP contribution in [-0.2, 0) is 11.3 Å². The zero-order chi connectivity index (χ0) is 19.3. The summed E-state index contributed by atoms with van der Waals surface area (Å²) < 4.78 is 3.71.